The predicted octanol–water partition coefficient (Wildman–Crippen LogP) is 3.92. The quantitative estimate of drug-likeness (QED) is 0.809. The molecule has 6 nitrogen and oxygen atoms in total. The Balaban J connectivity index is 1.93. The van der Waals surface area contributed by atoms with E-state index in [2.05, 4.69) is 15.4 Å². The highest BCUT2D eigenvalue weighted by Crippen LogP contribution is 2.30. The number of anilines is 1. The Morgan fingerprint density at radius 2 is 1.73 bits per heavy atom. The molecule has 9 heteroatoms. The average Bonchev–Trinajstić information content (AvgIpc) is 2.60. The Morgan fingerprint density at radius 1 is 1.04 bits per heavy atom. The van der Waals surface area contributed by atoms with E-state index in [1.807, 2.05) is 0 Å². The molecule has 0 aliphatic heterocycles. The molecule has 0 aliphatic rings. The van der Waals surface area contributed by atoms with Gasteiger partial charge in [0.2, 0.25) is 0 Å². The van der Waals surface area contributed by atoms with Crippen molar-refractivity contribution in [2.45, 2.75) is 12.9 Å². The van der Waals surface area contributed by atoms with Crippen molar-refractivity contribution >= 4 is 11.7 Å². The van der Waals surface area contributed by atoms with E-state index in [-0.39, 0.29) is 12.3 Å². The molecule has 0 heterocycles. The van der Waals surface area contributed by atoms with Crippen LogP contribution in [0.5, 0.6) is 17.2 Å². The summed E-state index contributed by atoms with van der Waals surface area (Å²) in [4.78, 5) is 11.9. The highest BCUT2D eigenvalue weighted by Gasteiger charge is 2.30. The van der Waals surface area contributed by atoms with Crippen molar-refractivity contribution in [1.82, 2.24) is 5.32 Å². The van der Waals surface area contributed by atoms with Crippen LogP contribution < -0.4 is 24.8 Å². The topological polar surface area (TPSA) is 68.8 Å². The number of hydrogen-bond donors (Lipinski definition) is 2. The van der Waals surface area contributed by atoms with Crippen LogP contribution in [0.2, 0.25) is 0 Å². The molecule has 0 saturated carbocycles. The van der Waals surface area contributed by atoms with Gasteiger partial charge in [-0.3, -0.25) is 0 Å². The molecule has 140 valence electrons. The number of ether oxygens (including phenoxy) is 3. The first-order chi connectivity index (χ1) is 12.3. The summed E-state index contributed by atoms with van der Waals surface area (Å²) in [5.41, 5.74) is 1.02. The highest BCUT2D eigenvalue weighted by molar-refractivity contribution is 5.89. The van der Waals surface area contributed by atoms with E-state index in [9.17, 15) is 18.0 Å². The molecule has 0 aromatic heterocycles. The second-order valence-electron chi connectivity index (χ2n) is 5.03. The summed E-state index contributed by atoms with van der Waals surface area (Å²) in [5, 5.41) is 5.14. The summed E-state index contributed by atoms with van der Waals surface area (Å²) in [7, 11) is 3.00. The van der Waals surface area contributed by atoms with Crippen LogP contribution in [0.15, 0.2) is 42.5 Å². The van der Waals surface area contributed by atoms with Gasteiger partial charge in [-0.15, -0.1) is 13.2 Å². The summed E-state index contributed by atoms with van der Waals surface area (Å²) >= 11 is 0. The molecule has 0 unspecified atom stereocenters. The van der Waals surface area contributed by atoms with Crippen molar-refractivity contribution in [3.63, 3.8) is 0 Å². The molecule has 2 aromatic rings. The maximum absolute atomic E-state index is 12.1. The average molecular weight is 370 g/mol. The van der Waals surface area contributed by atoms with Gasteiger partial charge < -0.3 is 24.8 Å². The molecule has 0 atom stereocenters. The standard InChI is InChI=1S/C17H17F3N2O4/c1-24-14-5-3-4-11(15(14)25-2)10-21-16(23)22-12-6-8-13(9-7-12)26-17(18,19)20/h3-9H,10H2,1-2H3,(H2,21,22,23). The van der Waals surface area contributed by atoms with Crippen LogP contribution in [0.3, 0.4) is 0 Å². The van der Waals surface area contributed by atoms with E-state index < -0.39 is 12.4 Å². The molecule has 0 saturated heterocycles. The number of carbonyl (C=O) groups excluding carboxylic acids is 1. The van der Waals surface area contributed by atoms with E-state index in [1.54, 1.807) is 18.2 Å². The maximum atomic E-state index is 12.1. The summed E-state index contributed by atoms with van der Waals surface area (Å²) in [6.45, 7) is 0.168. The van der Waals surface area contributed by atoms with E-state index in [0.29, 0.717) is 22.7 Å². The van der Waals surface area contributed by atoms with Gasteiger partial charge in [0.05, 0.1) is 14.2 Å². The Bertz CT molecular complexity index is 749. The molecule has 2 aromatic carbocycles. The first-order valence-corrected chi connectivity index (χ1v) is 7.43. The van der Waals surface area contributed by atoms with Gasteiger partial charge in [0.15, 0.2) is 11.5 Å². The smallest absolute Gasteiger partial charge is 0.493 e. The van der Waals surface area contributed by atoms with Gasteiger partial charge in [-0.1, -0.05) is 12.1 Å². The molecule has 2 N–H and O–H groups in total. The molecule has 0 spiro atoms. The zero-order valence-corrected chi connectivity index (χ0v) is 14.0. The number of halogens is 3. The van der Waals surface area contributed by atoms with Gasteiger partial charge in [-0.25, -0.2) is 4.79 Å². The summed E-state index contributed by atoms with van der Waals surface area (Å²) in [6.07, 6.45) is -4.76. The third-order valence-electron chi connectivity index (χ3n) is 3.27. The fraction of sp³-hybridized carbons (Fsp3) is 0.235. The van der Waals surface area contributed by atoms with Crippen molar-refractivity contribution < 1.29 is 32.2 Å². The van der Waals surface area contributed by atoms with Crippen LogP contribution in [0.1, 0.15) is 5.56 Å². The first-order valence-electron chi connectivity index (χ1n) is 7.43. The lowest BCUT2D eigenvalue weighted by Gasteiger charge is -2.14. The fourth-order valence-electron chi connectivity index (χ4n) is 2.18. The molecule has 2 amide bonds. The Hall–Kier alpha value is -3.10. The van der Waals surface area contributed by atoms with Crippen molar-refractivity contribution in [3.05, 3.63) is 48.0 Å². The van der Waals surface area contributed by atoms with Crippen LogP contribution in [0, 0.1) is 0 Å². The van der Waals surface area contributed by atoms with Crippen LogP contribution in [0.25, 0.3) is 0 Å². The molecule has 0 bridgehead atoms. The number of methoxy groups -OCH3 is 2. The number of benzene rings is 2. The number of carbonyl (C=O) groups is 1. The van der Waals surface area contributed by atoms with E-state index in [1.165, 1.54) is 26.4 Å². The third-order valence-corrected chi connectivity index (χ3v) is 3.27. The van der Waals surface area contributed by atoms with Crippen LogP contribution in [-0.4, -0.2) is 26.6 Å². The lowest BCUT2D eigenvalue weighted by molar-refractivity contribution is -0.274. The summed E-state index contributed by atoms with van der Waals surface area (Å²) in [6, 6.07) is 9.54. The Kier molecular flexibility index (Phi) is 6.16. The number of alkyl halides is 3. The highest BCUT2D eigenvalue weighted by atomic mass is 19.4. The second kappa shape index (κ2) is 8.32. The lowest BCUT2D eigenvalue weighted by Crippen LogP contribution is -2.28. The predicted molar refractivity (Wildman–Crippen MR) is 88.5 cm³/mol. The van der Waals surface area contributed by atoms with Crippen LogP contribution in [0.4, 0.5) is 23.7 Å². The van der Waals surface area contributed by atoms with Crippen LogP contribution in [-0.2, 0) is 6.54 Å². The Morgan fingerprint density at radius 3 is 2.31 bits per heavy atom. The van der Waals surface area contributed by atoms with E-state index in [4.69, 9.17) is 9.47 Å². The lowest BCUT2D eigenvalue weighted by atomic mass is 10.2. The summed E-state index contributed by atoms with van der Waals surface area (Å²) < 4.78 is 50.5. The van der Waals surface area contributed by atoms with E-state index >= 15 is 0 Å². The minimum Gasteiger partial charge on any atom is -0.493 e. The molecule has 0 aliphatic carbocycles. The maximum Gasteiger partial charge on any atom is 0.573 e. The second-order valence-corrected chi connectivity index (χ2v) is 5.03. The van der Waals surface area contributed by atoms with E-state index in [0.717, 1.165) is 12.1 Å². The third kappa shape index (κ3) is 5.47. The zero-order valence-electron chi connectivity index (χ0n) is 14.0. The van der Waals surface area contributed by atoms with Crippen molar-refractivity contribution in [1.29, 1.82) is 0 Å². The monoisotopic (exact) mass is 370 g/mol. The minimum absolute atomic E-state index is 0.168. The normalized spacial score (nSPS) is 10.8. The Labute approximate surface area is 147 Å². The molecule has 0 radical (unpaired) electrons. The molecular weight excluding hydrogens is 353 g/mol. The number of rotatable bonds is 6. The molecule has 2 rings (SSSR count). The number of amides is 2. The van der Waals surface area contributed by atoms with Crippen LogP contribution >= 0.6 is 0 Å². The van der Waals surface area contributed by atoms with Crippen molar-refractivity contribution in [2.24, 2.45) is 0 Å². The minimum atomic E-state index is -4.76. The van der Waals surface area contributed by atoms with Crippen molar-refractivity contribution in [2.75, 3.05) is 19.5 Å². The summed E-state index contributed by atoms with van der Waals surface area (Å²) in [5.74, 6) is 0.668. The van der Waals surface area contributed by atoms with Gasteiger partial charge >= 0.3 is 12.4 Å². The van der Waals surface area contributed by atoms with Gasteiger partial charge in [0, 0.05) is 17.8 Å². The number of hydrogen-bond acceptors (Lipinski definition) is 4. The zero-order chi connectivity index (χ0) is 19.2. The SMILES string of the molecule is COc1cccc(CNC(=O)Nc2ccc(OC(F)(F)F)cc2)c1OC. The molecular formula is C17H17F3N2O4. The van der Waals surface area contributed by atoms with Crippen molar-refractivity contribution in [3.8, 4) is 17.2 Å². The van der Waals surface area contributed by atoms with Gasteiger partial charge in [-0.2, -0.15) is 0 Å². The number of urea groups is 1. The fourth-order valence-corrected chi connectivity index (χ4v) is 2.18. The molecule has 0 fully saturated rings. The van der Waals surface area contributed by atoms with Gasteiger partial charge in [0.1, 0.15) is 5.75 Å². The van der Waals surface area contributed by atoms with Gasteiger partial charge in [0.25, 0.3) is 0 Å². The first kappa shape index (κ1) is 19.2. The molecule has 26 heavy (non-hydrogen) atoms. The largest absolute Gasteiger partial charge is 0.573 e. The number of nitrogens with one attached hydrogen (secondary N) is 2. The number of para-hydroxylation sites is 1. The van der Waals surface area contributed by atoms with Gasteiger partial charge in [-0.05, 0) is 30.3 Å².